The van der Waals surface area contributed by atoms with E-state index in [4.69, 9.17) is 11.6 Å². The van der Waals surface area contributed by atoms with Crippen LogP contribution in [0.1, 0.15) is 34.3 Å². The molecule has 1 spiro atoms. The predicted octanol–water partition coefficient (Wildman–Crippen LogP) is 3.69. The summed E-state index contributed by atoms with van der Waals surface area (Å²) in [7, 11) is 0. The summed E-state index contributed by atoms with van der Waals surface area (Å²) in [5.41, 5.74) is 3.58. The van der Waals surface area contributed by atoms with E-state index in [-0.39, 0.29) is 11.4 Å². The van der Waals surface area contributed by atoms with Crippen LogP contribution in [-0.2, 0) is 5.54 Å². The number of nitrogens with zero attached hydrogens (tertiary/aromatic N) is 2. The molecule has 100 valence electrons. The average Bonchev–Trinajstić information content (AvgIpc) is 3.15. The second-order valence-corrected chi connectivity index (χ2v) is 6.02. The third kappa shape index (κ3) is 1.47. The number of rotatable bonds is 1. The number of carbonyl (C=O) groups is 1. The quantitative estimate of drug-likeness (QED) is 0.800. The molecule has 1 aromatic heterocycles. The molecular weight excluding hydrogens is 272 g/mol. The van der Waals surface area contributed by atoms with Gasteiger partial charge in [0.1, 0.15) is 0 Å². The van der Waals surface area contributed by atoms with Crippen LogP contribution in [0, 0.1) is 6.92 Å². The van der Waals surface area contributed by atoms with Gasteiger partial charge in [0, 0.05) is 16.8 Å². The topological polar surface area (TPSA) is 33.2 Å². The van der Waals surface area contributed by atoms with Crippen LogP contribution in [0.25, 0.3) is 0 Å². The molecule has 1 aliphatic heterocycles. The van der Waals surface area contributed by atoms with E-state index in [1.165, 1.54) is 0 Å². The molecule has 4 rings (SSSR count). The fraction of sp³-hybridized carbons (Fsp3) is 0.250. The summed E-state index contributed by atoms with van der Waals surface area (Å²) in [5, 5.41) is 0.687. The summed E-state index contributed by atoms with van der Waals surface area (Å²) in [6, 6.07) is 7.57. The van der Waals surface area contributed by atoms with Crippen LogP contribution >= 0.6 is 11.6 Å². The van der Waals surface area contributed by atoms with Crippen molar-refractivity contribution in [3.8, 4) is 0 Å². The van der Waals surface area contributed by atoms with E-state index < -0.39 is 0 Å². The largest absolute Gasteiger partial charge is 0.297 e. The van der Waals surface area contributed by atoms with Gasteiger partial charge in [-0.2, -0.15) is 0 Å². The van der Waals surface area contributed by atoms with Crippen molar-refractivity contribution >= 4 is 23.2 Å². The molecular formula is C16H13ClN2O. The van der Waals surface area contributed by atoms with Crippen LogP contribution in [0.4, 0.5) is 5.69 Å². The zero-order chi connectivity index (χ0) is 13.9. The number of aromatic nitrogens is 1. The lowest BCUT2D eigenvalue weighted by Gasteiger charge is -2.25. The molecule has 0 N–H and O–H groups in total. The Labute approximate surface area is 122 Å². The third-order valence-electron chi connectivity index (χ3n) is 4.19. The minimum Gasteiger partial charge on any atom is -0.297 e. The highest BCUT2D eigenvalue weighted by Crippen LogP contribution is 2.58. The normalized spacial score (nSPS) is 18.5. The molecule has 3 nitrogen and oxygen atoms in total. The van der Waals surface area contributed by atoms with Crippen molar-refractivity contribution in [3.05, 3.63) is 58.4 Å². The monoisotopic (exact) mass is 284 g/mol. The number of fused-ring (bicyclic) bond motifs is 2. The molecule has 1 aromatic carbocycles. The Morgan fingerprint density at radius 1 is 1.25 bits per heavy atom. The Morgan fingerprint density at radius 2 is 2.05 bits per heavy atom. The maximum Gasteiger partial charge on any atom is 0.259 e. The van der Waals surface area contributed by atoms with Crippen LogP contribution < -0.4 is 4.90 Å². The maximum absolute atomic E-state index is 12.7. The molecule has 1 amide bonds. The van der Waals surface area contributed by atoms with Gasteiger partial charge in [0.25, 0.3) is 5.91 Å². The standard InChI is InChI=1S/C16H13ClN2O/c1-10-6-12(9-18-8-10)19-15(20)13-3-2-11(17)7-14(13)16(19)4-5-16/h2-3,6-9H,4-5H2,1H3. The lowest BCUT2D eigenvalue weighted by Crippen LogP contribution is -2.33. The summed E-state index contributed by atoms with van der Waals surface area (Å²) in [4.78, 5) is 18.8. The van der Waals surface area contributed by atoms with E-state index in [1.807, 2.05) is 30.0 Å². The number of hydrogen-bond donors (Lipinski definition) is 0. The highest BCUT2D eigenvalue weighted by molar-refractivity contribution is 6.31. The molecule has 4 heteroatoms. The van der Waals surface area contributed by atoms with E-state index in [1.54, 1.807) is 18.5 Å². The van der Waals surface area contributed by atoms with Gasteiger partial charge in [0.2, 0.25) is 0 Å². The van der Waals surface area contributed by atoms with Crippen molar-refractivity contribution in [2.45, 2.75) is 25.3 Å². The number of amides is 1. The molecule has 0 saturated heterocycles. The Kier molecular flexibility index (Phi) is 2.28. The van der Waals surface area contributed by atoms with E-state index in [2.05, 4.69) is 4.98 Å². The zero-order valence-corrected chi connectivity index (χ0v) is 11.8. The van der Waals surface area contributed by atoms with E-state index in [0.29, 0.717) is 5.02 Å². The van der Waals surface area contributed by atoms with Gasteiger partial charge in [0.05, 0.1) is 17.4 Å². The van der Waals surface area contributed by atoms with Crippen molar-refractivity contribution in [2.24, 2.45) is 0 Å². The summed E-state index contributed by atoms with van der Waals surface area (Å²) >= 11 is 6.10. The van der Waals surface area contributed by atoms with Crippen molar-refractivity contribution in [2.75, 3.05) is 4.90 Å². The lowest BCUT2D eigenvalue weighted by atomic mass is 10.0. The lowest BCUT2D eigenvalue weighted by molar-refractivity contribution is 0.0989. The summed E-state index contributed by atoms with van der Waals surface area (Å²) in [5.74, 6) is 0.0570. The van der Waals surface area contributed by atoms with Crippen molar-refractivity contribution in [1.29, 1.82) is 0 Å². The highest BCUT2D eigenvalue weighted by Gasteiger charge is 2.58. The Bertz CT molecular complexity index is 737. The second-order valence-electron chi connectivity index (χ2n) is 5.58. The second kappa shape index (κ2) is 3.83. The summed E-state index contributed by atoms with van der Waals surface area (Å²) < 4.78 is 0. The minimum atomic E-state index is -0.188. The van der Waals surface area contributed by atoms with Crippen molar-refractivity contribution < 1.29 is 4.79 Å². The molecule has 20 heavy (non-hydrogen) atoms. The molecule has 0 bridgehead atoms. The molecule has 0 atom stereocenters. The Morgan fingerprint density at radius 3 is 2.75 bits per heavy atom. The molecule has 2 heterocycles. The van der Waals surface area contributed by atoms with Crippen LogP contribution in [0.3, 0.4) is 0 Å². The maximum atomic E-state index is 12.7. The summed E-state index contributed by atoms with van der Waals surface area (Å²) in [6.07, 6.45) is 5.53. The molecule has 0 unspecified atom stereocenters. The number of hydrogen-bond acceptors (Lipinski definition) is 2. The third-order valence-corrected chi connectivity index (χ3v) is 4.42. The molecule has 1 saturated carbocycles. The van der Waals surface area contributed by atoms with Gasteiger partial charge in [-0.05, 0) is 55.2 Å². The number of pyridine rings is 1. The first-order chi connectivity index (χ1) is 9.62. The van der Waals surface area contributed by atoms with Gasteiger partial charge >= 0.3 is 0 Å². The van der Waals surface area contributed by atoms with Crippen molar-refractivity contribution in [1.82, 2.24) is 4.98 Å². The van der Waals surface area contributed by atoms with E-state index in [0.717, 1.165) is 35.2 Å². The van der Waals surface area contributed by atoms with Crippen LogP contribution in [-0.4, -0.2) is 10.9 Å². The minimum absolute atomic E-state index is 0.0570. The van der Waals surface area contributed by atoms with Gasteiger partial charge in [-0.1, -0.05) is 11.6 Å². The number of halogens is 1. The fourth-order valence-corrected chi connectivity index (χ4v) is 3.33. The average molecular weight is 285 g/mol. The SMILES string of the molecule is Cc1cncc(N2C(=O)c3ccc(Cl)cc3C23CC3)c1. The van der Waals surface area contributed by atoms with Crippen LogP contribution in [0.15, 0.2) is 36.7 Å². The number of benzene rings is 1. The molecule has 2 aliphatic rings. The predicted molar refractivity (Wildman–Crippen MR) is 78.1 cm³/mol. The highest BCUT2D eigenvalue weighted by atomic mass is 35.5. The number of anilines is 1. The molecule has 1 fully saturated rings. The number of aryl methyl sites for hydroxylation is 1. The van der Waals surface area contributed by atoms with Crippen LogP contribution in [0.2, 0.25) is 5.02 Å². The van der Waals surface area contributed by atoms with Gasteiger partial charge in [-0.25, -0.2) is 0 Å². The van der Waals surface area contributed by atoms with Gasteiger partial charge in [0.15, 0.2) is 0 Å². The smallest absolute Gasteiger partial charge is 0.259 e. The zero-order valence-electron chi connectivity index (χ0n) is 11.1. The summed E-state index contributed by atoms with van der Waals surface area (Å²) in [6.45, 7) is 1.99. The molecule has 1 aliphatic carbocycles. The first-order valence-corrected chi connectivity index (χ1v) is 7.06. The van der Waals surface area contributed by atoms with Crippen molar-refractivity contribution in [3.63, 3.8) is 0 Å². The van der Waals surface area contributed by atoms with Crippen LogP contribution in [0.5, 0.6) is 0 Å². The Balaban J connectivity index is 1.90. The van der Waals surface area contributed by atoms with Gasteiger partial charge in [-0.3, -0.25) is 14.7 Å². The molecule has 0 radical (unpaired) electrons. The van der Waals surface area contributed by atoms with E-state index >= 15 is 0 Å². The van der Waals surface area contributed by atoms with Gasteiger partial charge in [-0.15, -0.1) is 0 Å². The first kappa shape index (κ1) is 11.9. The van der Waals surface area contributed by atoms with Gasteiger partial charge < -0.3 is 0 Å². The number of carbonyl (C=O) groups excluding carboxylic acids is 1. The fourth-order valence-electron chi connectivity index (χ4n) is 3.16. The van der Waals surface area contributed by atoms with E-state index in [9.17, 15) is 4.79 Å². The first-order valence-electron chi connectivity index (χ1n) is 6.68. The Hall–Kier alpha value is -1.87. The molecule has 2 aromatic rings.